The van der Waals surface area contributed by atoms with E-state index in [2.05, 4.69) is 0 Å². The average molecular weight is 375 g/mol. The number of hydrogen-bond donors (Lipinski definition) is 0. The molecule has 4 nitrogen and oxygen atoms in total. The van der Waals surface area contributed by atoms with Crippen LogP contribution < -0.4 is 0 Å². The van der Waals surface area contributed by atoms with E-state index in [0.29, 0.717) is 19.5 Å². The molecule has 0 N–H and O–H groups in total. The standard InChI is InChI=1S/C24H25NO3/c1-18(24(27)28-2)16-25(17-19-9-4-3-5-10-19)23(26)15-21-13-8-12-20-11-6-7-14-22(20)21/h3-14,18H,15-17H2,1-2H3. The second-order valence-corrected chi connectivity index (χ2v) is 7.00. The third-order valence-corrected chi connectivity index (χ3v) is 4.89. The summed E-state index contributed by atoms with van der Waals surface area (Å²) in [6.45, 7) is 2.58. The second kappa shape index (κ2) is 9.18. The number of amides is 1. The number of benzene rings is 3. The van der Waals surface area contributed by atoms with Gasteiger partial charge in [-0.3, -0.25) is 9.59 Å². The number of nitrogens with zero attached hydrogens (tertiary/aromatic N) is 1. The van der Waals surface area contributed by atoms with E-state index in [9.17, 15) is 9.59 Å². The van der Waals surface area contributed by atoms with E-state index < -0.39 is 0 Å². The Balaban J connectivity index is 1.83. The van der Waals surface area contributed by atoms with Gasteiger partial charge >= 0.3 is 5.97 Å². The predicted molar refractivity (Wildman–Crippen MR) is 111 cm³/mol. The molecule has 0 saturated heterocycles. The maximum atomic E-state index is 13.2. The van der Waals surface area contributed by atoms with Gasteiger partial charge in [-0.15, -0.1) is 0 Å². The van der Waals surface area contributed by atoms with Crippen LogP contribution in [-0.2, 0) is 27.3 Å². The van der Waals surface area contributed by atoms with Gasteiger partial charge in [0.2, 0.25) is 5.91 Å². The Morgan fingerprint density at radius 2 is 1.61 bits per heavy atom. The van der Waals surface area contributed by atoms with Crippen LogP contribution in [0.3, 0.4) is 0 Å². The molecule has 0 aliphatic carbocycles. The highest BCUT2D eigenvalue weighted by Crippen LogP contribution is 2.20. The molecule has 0 aliphatic rings. The topological polar surface area (TPSA) is 46.6 Å². The van der Waals surface area contributed by atoms with Crippen molar-refractivity contribution in [1.82, 2.24) is 4.90 Å². The summed E-state index contributed by atoms with van der Waals surface area (Å²) in [6, 6.07) is 23.9. The fraction of sp³-hybridized carbons (Fsp3) is 0.250. The molecular weight excluding hydrogens is 350 g/mol. The van der Waals surface area contributed by atoms with E-state index in [4.69, 9.17) is 4.74 Å². The van der Waals surface area contributed by atoms with E-state index in [-0.39, 0.29) is 17.8 Å². The maximum absolute atomic E-state index is 13.2. The van der Waals surface area contributed by atoms with E-state index >= 15 is 0 Å². The Hall–Kier alpha value is -3.14. The molecule has 0 bridgehead atoms. The van der Waals surface area contributed by atoms with Crippen LogP contribution in [0.5, 0.6) is 0 Å². The Bertz CT molecular complexity index is 947. The first-order valence-corrected chi connectivity index (χ1v) is 9.44. The summed E-state index contributed by atoms with van der Waals surface area (Å²) < 4.78 is 4.84. The van der Waals surface area contributed by atoms with Crippen LogP contribution in [0, 0.1) is 5.92 Å². The molecule has 1 unspecified atom stereocenters. The van der Waals surface area contributed by atoms with Crippen molar-refractivity contribution in [3.63, 3.8) is 0 Å². The molecule has 28 heavy (non-hydrogen) atoms. The Kier molecular flexibility index (Phi) is 6.43. The lowest BCUT2D eigenvalue weighted by Crippen LogP contribution is -2.37. The molecule has 0 aliphatic heterocycles. The molecule has 0 spiro atoms. The minimum Gasteiger partial charge on any atom is -0.469 e. The minimum atomic E-state index is -0.384. The van der Waals surface area contributed by atoms with Gasteiger partial charge in [-0.2, -0.15) is 0 Å². The number of ether oxygens (including phenoxy) is 1. The molecule has 1 atom stereocenters. The summed E-state index contributed by atoms with van der Waals surface area (Å²) >= 11 is 0. The lowest BCUT2D eigenvalue weighted by Gasteiger charge is -2.25. The van der Waals surface area contributed by atoms with Gasteiger partial charge in [0, 0.05) is 13.1 Å². The fourth-order valence-electron chi connectivity index (χ4n) is 3.39. The molecule has 0 saturated carbocycles. The van der Waals surface area contributed by atoms with Crippen LogP contribution >= 0.6 is 0 Å². The van der Waals surface area contributed by atoms with Crippen molar-refractivity contribution >= 4 is 22.6 Å². The molecular formula is C24H25NO3. The van der Waals surface area contributed by atoms with Crippen molar-refractivity contribution in [1.29, 1.82) is 0 Å². The highest BCUT2D eigenvalue weighted by atomic mass is 16.5. The number of fused-ring (bicyclic) bond motifs is 1. The average Bonchev–Trinajstić information content (AvgIpc) is 2.73. The number of carbonyl (C=O) groups is 2. The number of methoxy groups -OCH3 is 1. The molecule has 144 valence electrons. The zero-order chi connectivity index (χ0) is 19.9. The van der Waals surface area contributed by atoms with Crippen LogP contribution in [0.15, 0.2) is 72.8 Å². The van der Waals surface area contributed by atoms with Crippen molar-refractivity contribution in [2.24, 2.45) is 5.92 Å². The van der Waals surface area contributed by atoms with E-state index in [1.165, 1.54) is 7.11 Å². The second-order valence-electron chi connectivity index (χ2n) is 7.00. The van der Waals surface area contributed by atoms with Crippen LogP contribution in [0.4, 0.5) is 0 Å². The van der Waals surface area contributed by atoms with Crippen LogP contribution in [0.25, 0.3) is 10.8 Å². The molecule has 3 rings (SSSR count). The monoisotopic (exact) mass is 375 g/mol. The van der Waals surface area contributed by atoms with Gasteiger partial charge in [-0.25, -0.2) is 0 Å². The zero-order valence-electron chi connectivity index (χ0n) is 16.3. The van der Waals surface area contributed by atoms with Gasteiger partial charge in [0.05, 0.1) is 19.4 Å². The summed E-state index contributed by atoms with van der Waals surface area (Å²) in [7, 11) is 1.37. The van der Waals surface area contributed by atoms with Crippen LogP contribution in [0.2, 0.25) is 0 Å². The first-order valence-electron chi connectivity index (χ1n) is 9.44. The lowest BCUT2D eigenvalue weighted by atomic mass is 10.0. The highest BCUT2D eigenvalue weighted by Gasteiger charge is 2.22. The van der Waals surface area contributed by atoms with Crippen molar-refractivity contribution in [3.05, 3.63) is 83.9 Å². The third kappa shape index (κ3) is 4.77. The smallest absolute Gasteiger partial charge is 0.310 e. The molecule has 0 heterocycles. The predicted octanol–water partition coefficient (Wildman–Crippen LogP) is 4.22. The minimum absolute atomic E-state index is 0.00374. The molecule has 3 aromatic rings. The number of hydrogen-bond acceptors (Lipinski definition) is 3. The Morgan fingerprint density at radius 3 is 2.36 bits per heavy atom. The van der Waals surface area contributed by atoms with E-state index in [1.807, 2.05) is 72.8 Å². The van der Waals surface area contributed by atoms with Gasteiger partial charge in [-0.1, -0.05) is 79.7 Å². The van der Waals surface area contributed by atoms with Gasteiger partial charge < -0.3 is 9.64 Å². The molecule has 0 aromatic heterocycles. The quantitative estimate of drug-likeness (QED) is 0.581. The van der Waals surface area contributed by atoms with Gasteiger partial charge in [-0.05, 0) is 21.9 Å². The SMILES string of the molecule is COC(=O)C(C)CN(Cc1ccccc1)C(=O)Cc1cccc2ccccc12. The van der Waals surface area contributed by atoms with Crippen LogP contribution in [-0.4, -0.2) is 30.4 Å². The fourth-order valence-corrected chi connectivity index (χ4v) is 3.39. The number of rotatable bonds is 7. The summed E-state index contributed by atoms with van der Waals surface area (Å²) in [5, 5.41) is 2.20. The molecule has 0 radical (unpaired) electrons. The zero-order valence-corrected chi connectivity index (χ0v) is 16.3. The Morgan fingerprint density at radius 1 is 0.929 bits per heavy atom. The normalized spacial score (nSPS) is 11.8. The lowest BCUT2D eigenvalue weighted by molar-refractivity contribution is -0.146. The highest BCUT2D eigenvalue weighted by molar-refractivity contribution is 5.90. The summed E-state index contributed by atoms with van der Waals surface area (Å²) in [5.74, 6) is -0.697. The first kappa shape index (κ1) is 19.6. The summed E-state index contributed by atoms with van der Waals surface area (Å²) in [4.78, 5) is 26.8. The number of carbonyl (C=O) groups excluding carboxylic acids is 2. The van der Waals surface area contributed by atoms with Crippen molar-refractivity contribution in [3.8, 4) is 0 Å². The van der Waals surface area contributed by atoms with Gasteiger partial charge in [0.25, 0.3) is 0 Å². The van der Waals surface area contributed by atoms with E-state index in [1.54, 1.807) is 11.8 Å². The molecule has 1 amide bonds. The van der Waals surface area contributed by atoms with Gasteiger partial charge in [0.1, 0.15) is 0 Å². The Labute approximate surface area is 165 Å². The summed E-state index contributed by atoms with van der Waals surface area (Å²) in [5.41, 5.74) is 2.03. The summed E-state index contributed by atoms with van der Waals surface area (Å²) in [6.07, 6.45) is 0.294. The third-order valence-electron chi connectivity index (χ3n) is 4.89. The molecule has 3 aromatic carbocycles. The van der Waals surface area contributed by atoms with Crippen molar-refractivity contribution < 1.29 is 14.3 Å². The first-order chi connectivity index (χ1) is 13.6. The van der Waals surface area contributed by atoms with Crippen molar-refractivity contribution in [2.75, 3.05) is 13.7 Å². The molecule has 4 heteroatoms. The largest absolute Gasteiger partial charge is 0.469 e. The number of esters is 1. The van der Waals surface area contributed by atoms with Gasteiger partial charge in [0.15, 0.2) is 0 Å². The maximum Gasteiger partial charge on any atom is 0.310 e. The van der Waals surface area contributed by atoms with E-state index in [0.717, 1.165) is 21.9 Å². The van der Waals surface area contributed by atoms with Crippen molar-refractivity contribution in [2.45, 2.75) is 19.9 Å². The molecule has 0 fully saturated rings. The van der Waals surface area contributed by atoms with Crippen LogP contribution in [0.1, 0.15) is 18.1 Å².